The Morgan fingerprint density at radius 3 is 2.77 bits per heavy atom. The third-order valence-electron chi connectivity index (χ3n) is 1.52. The number of rotatable bonds is 3. The van der Waals surface area contributed by atoms with Crippen LogP contribution in [0, 0.1) is 11.6 Å². The molecule has 1 rings (SSSR count). The van der Waals surface area contributed by atoms with E-state index in [1.54, 1.807) is 0 Å². The van der Waals surface area contributed by atoms with Crippen LogP contribution in [0.1, 0.15) is 5.56 Å². The van der Waals surface area contributed by atoms with Gasteiger partial charge in [-0.05, 0) is 6.07 Å². The monoisotopic (exact) mass is 207 g/mol. The van der Waals surface area contributed by atoms with Gasteiger partial charge in [0.05, 0.1) is 7.11 Å². The maximum Gasteiger partial charge on any atom is 0.149 e. The van der Waals surface area contributed by atoms with Gasteiger partial charge >= 0.3 is 0 Å². The van der Waals surface area contributed by atoms with Crippen molar-refractivity contribution in [3.05, 3.63) is 34.4 Å². The van der Waals surface area contributed by atoms with E-state index in [0.717, 1.165) is 6.07 Å². The van der Waals surface area contributed by atoms with E-state index < -0.39 is 16.7 Å². The van der Waals surface area contributed by atoms with Gasteiger partial charge < -0.3 is 4.84 Å². The van der Waals surface area contributed by atoms with Crippen LogP contribution in [-0.2, 0) is 11.4 Å². The predicted molar refractivity (Wildman–Crippen MR) is 45.2 cm³/mol. The normalized spacial score (nSPS) is 10.5. The first kappa shape index (κ1) is 10.4. The zero-order valence-electron chi connectivity index (χ0n) is 6.90. The fourth-order valence-electron chi connectivity index (χ4n) is 0.852. The minimum atomic E-state index is -0.764. The topological polar surface area (TPSA) is 21.3 Å². The second-order valence-electron chi connectivity index (χ2n) is 2.36. The zero-order chi connectivity index (χ0) is 9.84. The third-order valence-corrected chi connectivity index (χ3v) is 1.87. The average molecular weight is 208 g/mol. The third kappa shape index (κ3) is 2.37. The molecule has 0 spiro atoms. The predicted octanol–water partition coefficient (Wildman–Crippen LogP) is 2.27. The first-order chi connectivity index (χ1) is 6.16. The molecule has 5 heteroatoms. The van der Waals surface area contributed by atoms with Crippen molar-refractivity contribution in [2.45, 2.75) is 6.54 Å². The summed E-state index contributed by atoms with van der Waals surface area (Å²) in [4.78, 5) is 4.52. The number of nitrogens with one attached hydrogen (secondary N) is 1. The molecule has 1 aromatic carbocycles. The van der Waals surface area contributed by atoms with Crippen molar-refractivity contribution in [3.63, 3.8) is 0 Å². The van der Waals surface area contributed by atoms with Crippen molar-refractivity contribution in [3.8, 4) is 0 Å². The first-order valence-electron chi connectivity index (χ1n) is 3.55. The molecule has 0 unspecified atom stereocenters. The Labute approximate surface area is 79.4 Å². The van der Waals surface area contributed by atoms with E-state index in [-0.39, 0.29) is 12.1 Å². The molecular weight excluding hydrogens is 200 g/mol. The van der Waals surface area contributed by atoms with Crippen LogP contribution in [0.4, 0.5) is 8.78 Å². The number of hydroxylamine groups is 1. The summed E-state index contributed by atoms with van der Waals surface area (Å²) in [5.74, 6) is -1.52. The number of benzene rings is 1. The molecule has 2 nitrogen and oxygen atoms in total. The average Bonchev–Trinajstić information content (AvgIpc) is 2.13. The SMILES string of the molecule is CONCc1ccc(F)c(Cl)c1F. The molecule has 0 aliphatic rings. The molecule has 0 atom stereocenters. The Morgan fingerprint density at radius 1 is 1.46 bits per heavy atom. The van der Waals surface area contributed by atoms with Crippen molar-refractivity contribution in [1.29, 1.82) is 0 Å². The second kappa shape index (κ2) is 4.50. The molecule has 0 saturated heterocycles. The molecule has 0 radical (unpaired) electrons. The van der Waals surface area contributed by atoms with Crippen LogP contribution in [0.5, 0.6) is 0 Å². The summed E-state index contributed by atoms with van der Waals surface area (Å²) in [5, 5.41) is -0.490. The van der Waals surface area contributed by atoms with Crippen LogP contribution in [-0.4, -0.2) is 7.11 Å². The van der Waals surface area contributed by atoms with Gasteiger partial charge in [0.2, 0.25) is 0 Å². The summed E-state index contributed by atoms with van der Waals surface area (Å²) < 4.78 is 25.8. The minimum Gasteiger partial charge on any atom is -0.305 e. The summed E-state index contributed by atoms with van der Waals surface area (Å²) >= 11 is 5.34. The van der Waals surface area contributed by atoms with Crippen LogP contribution in [0.25, 0.3) is 0 Å². The van der Waals surface area contributed by atoms with E-state index in [9.17, 15) is 8.78 Å². The maximum absolute atomic E-state index is 13.1. The van der Waals surface area contributed by atoms with Gasteiger partial charge in [0.15, 0.2) is 0 Å². The molecular formula is C8H8ClF2NO. The van der Waals surface area contributed by atoms with Crippen molar-refractivity contribution < 1.29 is 13.6 Å². The van der Waals surface area contributed by atoms with E-state index in [1.807, 2.05) is 0 Å². The van der Waals surface area contributed by atoms with Crippen LogP contribution in [0.3, 0.4) is 0 Å². The van der Waals surface area contributed by atoms with Crippen LogP contribution in [0.2, 0.25) is 5.02 Å². The second-order valence-corrected chi connectivity index (χ2v) is 2.74. The lowest BCUT2D eigenvalue weighted by Gasteiger charge is -2.05. The van der Waals surface area contributed by atoms with Gasteiger partial charge in [-0.1, -0.05) is 17.7 Å². The standard InChI is InChI=1S/C8H8ClF2NO/c1-13-12-4-5-2-3-6(10)7(9)8(5)11/h2-3,12H,4H2,1H3. The first-order valence-corrected chi connectivity index (χ1v) is 3.93. The lowest BCUT2D eigenvalue weighted by molar-refractivity contribution is 0.0859. The molecule has 0 aromatic heterocycles. The smallest absolute Gasteiger partial charge is 0.149 e. The molecule has 0 aliphatic heterocycles. The Hall–Kier alpha value is -0.710. The lowest BCUT2D eigenvalue weighted by Crippen LogP contribution is -2.12. The van der Waals surface area contributed by atoms with E-state index in [2.05, 4.69) is 10.3 Å². The highest BCUT2D eigenvalue weighted by Crippen LogP contribution is 2.21. The molecule has 0 aliphatic carbocycles. The van der Waals surface area contributed by atoms with Gasteiger partial charge in [0, 0.05) is 12.1 Å². The largest absolute Gasteiger partial charge is 0.305 e. The van der Waals surface area contributed by atoms with Gasteiger partial charge in [-0.15, -0.1) is 0 Å². The highest BCUT2D eigenvalue weighted by molar-refractivity contribution is 6.30. The Balaban J connectivity index is 2.90. The molecule has 0 heterocycles. The molecule has 0 amide bonds. The lowest BCUT2D eigenvalue weighted by atomic mass is 10.2. The summed E-state index contributed by atoms with van der Waals surface area (Å²) in [6.45, 7) is 0.141. The van der Waals surface area contributed by atoms with Crippen molar-refractivity contribution in [2.75, 3.05) is 7.11 Å². The molecule has 0 saturated carbocycles. The molecule has 1 aromatic rings. The zero-order valence-corrected chi connectivity index (χ0v) is 7.66. The Morgan fingerprint density at radius 2 is 2.15 bits per heavy atom. The Kier molecular flexibility index (Phi) is 3.59. The van der Waals surface area contributed by atoms with Crippen LogP contribution < -0.4 is 5.48 Å². The summed E-state index contributed by atoms with van der Waals surface area (Å²) in [5.41, 5.74) is 2.69. The fraction of sp³-hybridized carbons (Fsp3) is 0.250. The van der Waals surface area contributed by atoms with E-state index in [0.29, 0.717) is 0 Å². The Bertz CT molecular complexity index is 306. The molecule has 13 heavy (non-hydrogen) atoms. The quantitative estimate of drug-likeness (QED) is 0.607. The summed E-state index contributed by atoms with van der Waals surface area (Å²) in [6, 6.07) is 2.42. The van der Waals surface area contributed by atoms with Gasteiger partial charge in [-0.3, -0.25) is 0 Å². The van der Waals surface area contributed by atoms with Gasteiger partial charge in [-0.25, -0.2) is 8.78 Å². The maximum atomic E-state index is 13.1. The van der Waals surface area contributed by atoms with E-state index >= 15 is 0 Å². The van der Waals surface area contributed by atoms with Crippen molar-refractivity contribution in [1.82, 2.24) is 5.48 Å². The van der Waals surface area contributed by atoms with Crippen molar-refractivity contribution >= 4 is 11.6 Å². The fourth-order valence-corrected chi connectivity index (χ4v) is 1.04. The van der Waals surface area contributed by atoms with E-state index in [4.69, 9.17) is 11.6 Å². The van der Waals surface area contributed by atoms with Gasteiger partial charge in [-0.2, -0.15) is 5.48 Å². The summed E-state index contributed by atoms with van der Waals surface area (Å²) in [6.07, 6.45) is 0. The molecule has 0 bridgehead atoms. The van der Waals surface area contributed by atoms with Crippen molar-refractivity contribution in [2.24, 2.45) is 0 Å². The minimum absolute atomic E-state index is 0.141. The molecule has 0 fully saturated rings. The highest BCUT2D eigenvalue weighted by atomic mass is 35.5. The number of hydrogen-bond donors (Lipinski definition) is 1. The van der Waals surface area contributed by atoms with Crippen LogP contribution >= 0.6 is 11.6 Å². The van der Waals surface area contributed by atoms with Crippen LogP contribution in [0.15, 0.2) is 12.1 Å². The van der Waals surface area contributed by atoms with Gasteiger partial charge in [0.25, 0.3) is 0 Å². The molecule has 72 valence electrons. The molecule has 1 N–H and O–H groups in total. The van der Waals surface area contributed by atoms with Gasteiger partial charge in [0.1, 0.15) is 16.7 Å². The summed E-state index contributed by atoms with van der Waals surface area (Å²) in [7, 11) is 1.41. The number of hydrogen-bond acceptors (Lipinski definition) is 2. The number of halogens is 3. The van der Waals surface area contributed by atoms with E-state index in [1.165, 1.54) is 13.2 Å². The highest BCUT2D eigenvalue weighted by Gasteiger charge is 2.10.